The molecule has 142 valence electrons. The number of rotatable bonds is 4. The summed E-state index contributed by atoms with van der Waals surface area (Å²) in [5, 5.41) is 12.6. The minimum Gasteiger partial charge on any atom is -0.364 e. The largest absolute Gasteiger partial charge is 0.364 e. The van der Waals surface area contributed by atoms with E-state index in [0.717, 1.165) is 23.0 Å². The standard InChI is InChI=1S/C24H26N4/c1-17-24(21-13-15-28(17)16-14-21)25-23-12-11-22(26-27-23)20-9-7-19(8-10-20)18-5-3-2-4-6-18/h2-12,17,21,24H,13-16H2,1H3,(H,25,27)/t17-,24-/m1/s1. The molecule has 0 amide bonds. The molecule has 4 heterocycles. The molecule has 1 N–H and O–H groups in total. The summed E-state index contributed by atoms with van der Waals surface area (Å²) in [6, 6.07) is 24.1. The lowest BCUT2D eigenvalue weighted by Crippen LogP contribution is -2.59. The monoisotopic (exact) mass is 370 g/mol. The summed E-state index contributed by atoms with van der Waals surface area (Å²) in [6.45, 7) is 4.82. The summed E-state index contributed by atoms with van der Waals surface area (Å²) in [5.74, 6) is 1.64. The van der Waals surface area contributed by atoms with Crippen LogP contribution in [0.3, 0.4) is 0 Å². The minimum absolute atomic E-state index is 0.479. The van der Waals surface area contributed by atoms with Crippen molar-refractivity contribution in [3.05, 3.63) is 66.7 Å². The van der Waals surface area contributed by atoms with Crippen LogP contribution in [0.25, 0.3) is 22.4 Å². The molecule has 0 aliphatic carbocycles. The van der Waals surface area contributed by atoms with Gasteiger partial charge in [0.25, 0.3) is 0 Å². The van der Waals surface area contributed by atoms with Crippen molar-refractivity contribution >= 4 is 5.82 Å². The van der Waals surface area contributed by atoms with E-state index in [4.69, 9.17) is 0 Å². The van der Waals surface area contributed by atoms with Gasteiger partial charge in [-0.2, -0.15) is 0 Å². The Bertz CT molecular complexity index is 911. The molecule has 1 aromatic heterocycles. The van der Waals surface area contributed by atoms with Gasteiger partial charge in [0.2, 0.25) is 0 Å². The highest BCUT2D eigenvalue weighted by atomic mass is 15.2. The van der Waals surface area contributed by atoms with Crippen molar-refractivity contribution in [2.75, 3.05) is 18.4 Å². The first-order valence-electron chi connectivity index (χ1n) is 10.3. The fourth-order valence-corrected chi connectivity index (χ4v) is 4.74. The number of hydrogen-bond acceptors (Lipinski definition) is 4. The molecule has 2 aromatic carbocycles. The number of piperidine rings is 3. The normalized spacial score (nSPS) is 26.2. The quantitative estimate of drug-likeness (QED) is 0.722. The summed E-state index contributed by atoms with van der Waals surface area (Å²) in [6.07, 6.45) is 2.59. The first-order valence-corrected chi connectivity index (χ1v) is 10.3. The van der Waals surface area contributed by atoms with Gasteiger partial charge < -0.3 is 5.32 Å². The SMILES string of the molecule is C[C@@H]1[C@@H](Nc2ccc(-c3ccc(-c4ccccc4)cc3)nn2)C2CCN1CC2. The van der Waals surface area contributed by atoms with E-state index in [-0.39, 0.29) is 0 Å². The van der Waals surface area contributed by atoms with Gasteiger partial charge in [0.1, 0.15) is 5.82 Å². The molecule has 6 rings (SSSR count). The van der Waals surface area contributed by atoms with E-state index < -0.39 is 0 Å². The van der Waals surface area contributed by atoms with E-state index in [1.165, 1.54) is 37.1 Å². The lowest BCUT2D eigenvalue weighted by molar-refractivity contribution is 0.0457. The Morgan fingerprint density at radius 2 is 1.46 bits per heavy atom. The third-order valence-corrected chi connectivity index (χ3v) is 6.44. The second-order valence-electron chi connectivity index (χ2n) is 8.03. The van der Waals surface area contributed by atoms with Crippen LogP contribution in [-0.2, 0) is 0 Å². The molecule has 3 fully saturated rings. The number of nitrogens with one attached hydrogen (secondary N) is 1. The molecule has 3 aromatic rings. The van der Waals surface area contributed by atoms with E-state index in [9.17, 15) is 0 Å². The molecule has 0 unspecified atom stereocenters. The van der Waals surface area contributed by atoms with Gasteiger partial charge >= 0.3 is 0 Å². The van der Waals surface area contributed by atoms with Crippen LogP contribution < -0.4 is 5.32 Å². The number of aromatic nitrogens is 2. The fraction of sp³-hybridized carbons (Fsp3) is 0.333. The highest BCUT2D eigenvalue weighted by molar-refractivity contribution is 5.68. The first-order chi connectivity index (χ1) is 13.8. The first kappa shape index (κ1) is 17.4. The van der Waals surface area contributed by atoms with E-state index in [1.807, 2.05) is 6.07 Å². The number of hydrogen-bond donors (Lipinski definition) is 1. The van der Waals surface area contributed by atoms with Gasteiger partial charge in [-0.1, -0.05) is 54.6 Å². The predicted octanol–water partition coefficient (Wildman–Crippen LogP) is 4.71. The van der Waals surface area contributed by atoms with Crippen LogP contribution in [0.15, 0.2) is 66.7 Å². The van der Waals surface area contributed by atoms with Gasteiger partial charge in [0, 0.05) is 17.6 Å². The second-order valence-corrected chi connectivity index (χ2v) is 8.03. The van der Waals surface area contributed by atoms with E-state index in [2.05, 4.69) is 88.0 Å². The lowest BCUT2D eigenvalue weighted by atomic mass is 9.79. The smallest absolute Gasteiger partial charge is 0.148 e. The average molecular weight is 371 g/mol. The topological polar surface area (TPSA) is 41.1 Å². The lowest BCUT2D eigenvalue weighted by Gasteiger charge is -2.50. The van der Waals surface area contributed by atoms with Crippen LogP contribution in [0.5, 0.6) is 0 Å². The predicted molar refractivity (Wildman–Crippen MR) is 114 cm³/mol. The van der Waals surface area contributed by atoms with Crippen LogP contribution in [0.4, 0.5) is 5.82 Å². The summed E-state index contributed by atoms with van der Waals surface area (Å²) in [7, 11) is 0. The molecular weight excluding hydrogens is 344 g/mol. The summed E-state index contributed by atoms with van der Waals surface area (Å²) >= 11 is 0. The third-order valence-electron chi connectivity index (χ3n) is 6.44. The number of benzene rings is 2. The fourth-order valence-electron chi connectivity index (χ4n) is 4.74. The molecule has 3 aliphatic rings. The third kappa shape index (κ3) is 3.29. The van der Waals surface area contributed by atoms with Gasteiger partial charge in [0.15, 0.2) is 0 Å². The molecule has 2 bridgehead atoms. The summed E-state index contributed by atoms with van der Waals surface area (Å²) < 4.78 is 0. The Balaban J connectivity index is 1.30. The molecular formula is C24H26N4. The van der Waals surface area contributed by atoms with E-state index >= 15 is 0 Å². The van der Waals surface area contributed by atoms with Crippen LogP contribution in [0.2, 0.25) is 0 Å². The molecule has 0 saturated carbocycles. The maximum Gasteiger partial charge on any atom is 0.148 e. The molecule has 4 nitrogen and oxygen atoms in total. The van der Waals surface area contributed by atoms with Crippen molar-refractivity contribution in [3.63, 3.8) is 0 Å². The maximum atomic E-state index is 4.48. The van der Waals surface area contributed by atoms with Crippen molar-refractivity contribution in [1.82, 2.24) is 15.1 Å². The summed E-state index contributed by atoms with van der Waals surface area (Å²) in [4.78, 5) is 2.59. The highest BCUT2D eigenvalue weighted by Gasteiger charge is 2.39. The number of nitrogens with zero attached hydrogens (tertiary/aromatic N) is 3. The van der Waals surface area contributed by atoms with Crippen LogP contribution in [0.1, 0.15) is 19.8 Å². The molecule has 3 saturated heterocycles. The molecule has 0 spiro atoms. The Morgan fingerprint density at radius 1 is 0.786 bits per heavy atom. The van der Waals surface area contributed by atoms with Crippen LogP contribution in [0, 0.1) is 5.92 Å². The zero-order valence-corrected chi connectivity index (χ0v) is 16.3. The molecule has 2 atom stereocenters. The molecule has 28 heavy (non-hydrogen) atoms. The van der Waals surface area contributed by atoms with Crippen molar-refractivity contribution in [1.29, 1.82) is 0 Å². The van der Waals surface area contributed by atoms with E-state index in [0.29, 0.717) is 12.1 Å². The minimum atomic E-state index is 0.479. The van der Waals surface area contributed by atoms with Gasteiger partial charge in [-0.15, -0.1) is 10.2 Å². The Labute approximate surface area is 166 Å². The van der Waals surface area contributed by atoms with Gasteiger partial charge in [0.05, 0.1) is 5.69 Å². The molecule has 0 radical (unpaired) electrons. The van der Waals surface area contributed by atoms with Crippen molar-refractivity contribution in [2.45, 2.75) is 31.8 Å². The van der Waals surface area contributed by atoms with Crippen LogP contribution in [-0.4, -0.2) is 40.3 Å². The zero-order chi connectivity index (χ0) is 18.9. The van der Waals surface area contributed by atoms with E-state index in [1.54, 1.807) is 0 Å². The second kappa shape index (κ2) is 7.36. The van der Waals surface area contributed by atoms with Gasteiger partial charge in [-0.25, -0.2) is 0 Å². The van der Waals surface area contributed by atoms with Gasteiger partial charge in [-0.3, -0.25) is 4.90 Å². The van der Waals surface area contributed by atoms with Crippen molar-refractivity contribution < 1.29 is 0 Å². The maximum absolute atomic E-state index is 4.48. The Hall–Kier alpha value is -2.72. The molecule has 4 heteroatoms. The van der Waals surface area contributed by atoms with Crippen molar-refractivity contribution in [3.8, 4) is 22.4 Å². The average Bonchev–Trinajstić information content (AvgIpc) is 2.78. The van der Waals surface area contributed by atoms with Crippen molar-refractivity contribution in [2.24, 2.45) is 5.92 Å². The highest BCUT2D eigenvalue weighted by Crippen LogP contribution is 2.34. The molecule has 3 aliphatic heterocycles. The zero-order valence-electron chi connectivity index (χ0n) is 16.3. The Kier molecular flexibility index (Phi) is 4.57. The van der Waals surface area contributed by atoms with Crippen LogP contribution >= 0.6 is 0 Å². The summed E-state index contributed by atoms with van der Waals surface area (Å²) in [5.41, 5.74) is 4.44. The number of fused-ring (bicyclic) bond motifs is 3. The Morgan fingerprint density at radius 3 is 2.11 bits per heavy atom. The van der Waals surface area contributed by atoms with Gasteiger partial charge in [-0.05, 0) is 62.0 Å². The number of anilines is 1.